The summed E-state index contributed by atoms with van der Waals surface area (Å²) in [7, 11) is 0. The van der Waals surface area contributed by atoms with Gasteiger partial charge in [0.1, 0.15) is 0 Å². The first-order chi connectivity index (χ1) is 12.6. The average molecular weight is 362 g/mol. The number of hydrogen-bond acceptors (Lipinski definition) is 3. The van der Waals surface area contributed by atoms with Crippen molar-refractivity contribution in [3.63, 3.8) is 0 Å². The third-order valence-electron chi connectivity index (χ3n) is 4.09. The number of nitrogens with one attached hydrogen (secondary N) is 1. The van der Waals surface area contributed by atoms with Crippen LogP contribution in [0.1, 0.15) is 21.7 Å². The Morgan fingerprint density at radius 1 is 1.08 bits per heavy atom. The normalized spacial score (nSPS) is 11.0. The third-order valence-corrected chi connectivity index (χ3v) is 4.86. The first kappa shape index (κ1) is 18.1. The fraction of sp³-hybridized carbons (Fsp3) is 0.182. The highest BCUT2D eigenvalue weighted by atomic mass is 32.1. The van der Waals surface area contributed by atoms with E-state index in [1.807, 2.05) is 44.2 Å². The van der Waals surface area contributed by atoms with Crippen molar-refractivity contribution in [2.45, 2.75) is 20.3 Å². The van der Waals surface area contributed by atoms with Crippen LogP contribution >= 0.6 is 11.3 Å². The Bertz CT molecular complexity index is 893. The summed E-state index contributed by atoms with van der Waals surface area (Å²) in [5.74, 6) is -0.0693. The Kier molecular flexibility index (Phi) is 5.97. The van der Waals surface area contributed by atoms with Crippen LogP contribution in [0.25, 0.3) is 17.3 Å². The van der Waals surface area contributed by atoms with Crippen molar-refractivity contribution >= 4 is 23.3 Å². The summed E-state index contributed by atoms with van der Waals surface area (Å²) in [5.41, 5.74) is 5.58. The lowest BCUT2D eigenvalue weighted by Gasteiger charge is -2.04. The maximum absolute atomic E-state index is 11.9. The molecule has 0 saturated carbocycles. The van der Waals surface area contributed by atoms with Gasteiger partial charge in [0.05, 0.1) is 10.7 Å². The van der Waals surface area contributed by atoms with Gasteiger partial charge in [-0.1, -0.05) is 54.1 Å². The molecule has 2 aromatic carbocycles. The molecule has 4 heteroatoms. The molecule has 3 nitrogen and oxygen atoms in total. The van der Waals surface area contributed by atoms with E-state index in [9.17, 15) is 4.79 Å². The van der Waals surface area contributed by atoms with E-state index in [1.165, 1.54) is 11.1 Å². The highest BCUT2D eigenvalue weighted by Crippen LogP contribution is 2.21. The van der Waals surface area contributed by atoms with Crippen LogP contribution in [0.15, 0.2) is 60.0 Å². The monoisotopic (exact) mass is 362 g/mol. The molecule has 0 spiro atoms. The van der Waals surface area contributed by atoms with Gasteiger partial charge in [-0.05, 0) is 37.5 Å². The van der Waals surface area contributed by atoms with Crippen molar-refractivity contribution in [2.75, 3.05) is 6.54 Å². The van der Waals surface area contributed by atoms with Crippen LogP contribution in [-0.4, -0.2) is 17.4 Å². The van der Waals surface area contributed by atoms with Gasteiger partial charge in [-0.2, -0.15) is 0 Å². The lowest BCUT2D eigenvalue weighted by Crippen LogP contribution is -2.23. The Labute approximate surface area is 158 Å². The second kappa shape index (κ2) is 8.59. The van der Waals surface area contributed by atoms with Gasteiger partial charge in [-0.3, -0.25) is 4.79 Å². The minimum absolute atomic E-state index is 0.0693. The number of nitrogens with zero attached hydrogens (tertiary/aromatic N) is 1. The molecule has 3 rings (SSSR count). The molecule has 1 amide bonds. The molecule has 0 aliphatic heterocycles. The summed E-state index contributed by atoms with van der Waals surface area (Å²) < 4.78 is 0. The second-order valence-corrected chi connectivity index (χ2v) is 7.30. The first-order valence-electron chi connectivity index (χ1n) is 8.64. The Hall–Kier alpha value is -2.72. The van der Waals surface area contributed by atoms with Crippen LogP contribution in [-0.2, 0) is 11.2 Å². The van der Waals surface area contributed by atoms with E-state index >= 15 is 0 Å². The van der Waals surface area contributed by atoms with Crippen LogP contribution in [0.4, 0.5) is 0 Å². The van der Waals surface area contributed by atoms with Crippen molar-refractivity contribution in [3.8, 4) is 11.3 Å². The molecule has 1 N–H and O–H groups in total. The number of benzene rings is 2. The molecule has 0 aliphatic carbocycles. The van der Waals surface area contributed by atoms with E-state index < -0.39 is 0 Å². The van der Waals surface area contributed by atoms with Crippen molar-refractivity contribution in [3.05, 3.63) is 81.7 Å². The zero-order chi connectivity index (χ0) is 18.4. The highest BCUT2D eigenvalue weighted by Gasteiger charge is 2.02. The molecule has 0 saturated heterocycles. The zero-order valence-corrected chi connectivity index (χ0v) is 15.8. The van der Waals surface area contributed by atoms with E-state index in [1.54, 1.807) is 17.4 Å². The highest BCUT2D eigenvalue weighted by molar-refractivity contribution is 7.09. The summed E-state index contributed by atoms with van der Waals surface area (Å²) in [6.07, 6.45) is 4.22. The Morgan fingerprint density at radius 2 is 1.81 bits per heavy atom. The van der Waals surface area contributed by atoms with Crippen LogP contribution < -0.4 is 5.32 Å². The molecule has 1 aromatic heterocycles. The van der Waals surface area contributed by atoms with E-state index in [-0.39, 0.29) is 5.91 Å². The molecule has 0 fully saturated rings. The summed E-state index contributed by atoms with van der Waals surface area (Å²) in [5, 5.41) is 6.07. The van der Waals surface area contributed by atoms with Gasteiger partial charge in [0.2, 0.25) is 5.91 Å². The molecular formula is C22H22N2OS. The Morgan fingerprint density at radius 3 is 2.46 bits per heavy atom. The minimum atomic E-state index is -0.0693. The number of rotatable bonds is 6. The number of carbonyl (C=O) groups excluding carboxylic acids is 1. The molecular weight excluding hydrogens is 340 g/mol. The number of aryl methyl sites for hydroxylation is 2. The van der Waals surface area contributed by atoms with Gasteiger partial charge in [0, 0.05) is 23.6 Å². The number of thiazole rings is 1. The SMILES string of the molecule is Cc1ccc(/C=C/C(=O)NCCc2ccc(-c3csc(C)n3)cc2)cc1. The summed E-state index contributed by atoms with van der Waals surface area (Å²) in [6.45, 7) is 4.68. The lowest BCUT2D eigenvalue weighted by molar-refractivity contribution is -0.116. The Balaban J connectivity index is 1.47. The summed E-state index contributed by atoms with van der Waals surface area (Å²) >= 11 is 1.66. The summed E-state index contributed by atoms with van der Waals surface area (Å²) in [6, 6.07) is 16.4. The number of carbonyl (C=O) groups is 1. The van der Waals surface area contributed by atoms with Crippen LogP contribution in [0.2, 0.25) is 0 Å². The topological polar surface area (TPSA) is 42.0 Å². The van der Waals surface area contributed by atoms with Gasteiger partial charge in [0.15, 0.2) is 0 Å². The molecule has 0 radical (unpaired) electrons. The van der Waals surface area contributed by atoms with Gasteiger partial charge >= 0.3 is 0 Å². The molecule has 26 heavy (non-hydrogen) atoms. The van der Waals surface area contributed by atoms with Crippen LogP contribution in [0, 0.1) is 13.8 Å². The van der Waals surface area contributed by atoms with Crippen molar-refractivity contribution in [1.82, 2.24) is 10.3 Å². The van der Waals surface area contributed by atoms with Crippen LogP contribution in [0.5, 0.6) is 0 Å². The van der Waals surface area contributed by atoms with Crippen LogP contribution in [0.3, 0.4) is 0 Å². The van der Waals surface area contributed by atoms with E-state index in [0.29, 0.717) is 6.54 Å². The number of amides is 1. The predicted octanol–water partition coefficient (Wildman–Crippen LogP) is 4.80. The van der Waals surface area contributed by atoms with E-state index in [2.05, 4.69) is 39.9 Å². The van der Waals surface area contributed by atoms with Crippen molar-refractivity contribution in [2.24, 2.45) is 0 Å². The molecule has 0 atom stereocenters. The second-order valence-electron chi connectivity index (χ2n) is 6.23. The average Bonchev–Trinajstić information content (AvgIpc) is 3.08. The lowest BCUT2D eigenvalue weighted by atomic mass is 10.1. The summed E-state index contributed by atoms with van der Waals surface area (Å²) in [4.78, 5) is 16.4. The van der Waals surface area contributed by atoms with Gasteiger partial charge < -0.3 is 5.32 Å². The molecule has 0 aliphatic rings. The molecule has 132 valence electrons. The smallest absolute Gasteiger partial charge is 0.244 e. The van der Waals surface area contributed by atoms with Gasteiger partial charge in [-0.15, -0.1) is 11.3 Å². The fourth-order valence-corrected chi connectivity index (χ4v) is 3.20. The quantitative estimate of drug-likeness (QED) is 0.640. The first-order valence-corrected chi connectivity index (χ1v) is 9.52. The predicted molar refractivity (Wildman–Crippen MR) is 109 cm³/mol. The maximum atomic E-state index is 11.9. The molecule has 3 aromatic rings. The van der Waals surface area contributed by atoms with Crippen molar-refractivity contribution < 1.29 is 4.79 Å². The van der Waals surface area contributed by atoms with Crippen molar-refractivity contribution in [1.29, 1.82) is 0 Å². The number of aromatic nitrogens is 1. The largest absolute Gasteiger partial charge is 0.352 e. The van der Waals surface area contributed by atoms with E-state index in [4.69, 9.17) is 0 Å². The molecule has 0 bridgehead atoms. The minimum Gasteiger partial charge on any atom is -0.352 e. The third kappa shape index (κ3) is 5.14. The maximum Gasteiger partial charge on any atom is 0.244 e. The standard InChI is InChI=1S/C22H22N2OS/c1-16-3-5-18(6-4-16)9-12-22(25)23-14-13-19-7-10-20(11-8-19)21-15-26-17(2)24-21/h3-12,15H,13-14H2,1-2H3,(H,23,25)/b12-9+. The number of hydrogen-bond donors (Lipinski definition) is 1. The fourth-order valence-electron chi connectivity index (χ4n) is 2.58. The molecule has 0 unspecified atom stereocenters. The van der Waals surface area contributed by atoms with Gasteiger partial charge in [0.25, 0.3) is 0 Å². The molecule has 1 heterocycles. The van der Waals surface area contributed by atoms with Gasteiger partial charge in [-0.25, -0.2) is 4.98 Å². The zero-order valence-electron chi connectivity index (χ0n) is 15.0. The van der Waals surface area contributed by atoms with E-state index in [0.717, 1.165) is 28.2 Å².